The van der Waals surface area contributed by atoms with Crippen molar-refractivity contribution in [2.75, 3.05) is 17.7 Å². The summed E-state index contributed by atoms with van der Waals surface area (Å²) in [5.41, 5.74) is 7.90. The largest absolute Gasteiger partial charge is 0.482 e. The fraction of sp³-hybridized carbons (Fsp3) is 0.133. The monoisotopic (exact) mass is 290 g/mol. The Bertz CT molecular complexity index is 612. The molecule has 2 rings (SSSR count). The molecule has 0 aliphatic heterocycles. The maximum atomic E-state index is 11.8. The summed E-state index contributed by atoms with van der Waals surface area (Å²) in [6.45, 7) is 1.82. The fourth-order valence-electron chi connectivity index (χ4n) is 1.63. The molecular weight excluding hydrogens is 276 g/mol. The molecule has 0 aromatic heterocycles. The van der Waals surface area contributed by atoms with E-state index in [1.165, 1.54) is 0 Å². The number of nitrogens with one attached hydrogen (secondary N) is 1. The zero-order valence-electron chi connectivity index (χ0n) is 11.0. The smallest absolute Gasteiger partial charge is 0.262 e. The zero-order chi connectivity index (χ0) is 14.5. The number of amides is 1. The Morgan fingerprint density at radius 1 is 1.25 bits per heavy atom. The van der Waals surface area contributed by atoms with Crippen LogP contribution < -0.4 is 15.8 Å². The molecule has 0 aliphatic rings. The number of nitrogens with two attached hydrogens (primary N) is 1. The highest BCUT2D eigenvalue weighted by Gasteiger charge is 2.06. The van der Waals surface area contributed by atoms with Crippen molar-refractivity contribution in [2.24, 2.45) is 0 Å². The van der Waals surface area contributed by atoms with Gasteiger partial charge in [-0.25, -0.2) is 0 Å². The molecule has 0 saturated heterocycles. The number of anilines is 2. The molecule has 0 atom stereocenters. The first kappa shape index (κ1) is 14.2. The van der Waals surface area contributed by atoms with Crippen LogP contribution in [-0.4, -0.2) is 12.5 Å². The quantitative estimate of drug-likeness (QED) is 0.850. The van der Waals surface area contributed by atoms with E-state index in [0.29, 0.717) is 22.1 Å². The van der Waals surface area contributed by atoms with Gasteiger partial charge in [0.15, 0.2) is 6.61 Å². The van der Waals surface area contributed by atoms with Crippen molar-refractivity contribution < 1.29 is 9.53 Å². The van der Waals surface area contributed by atoms with Gasteiger partial charge in [-0.15, -0.1) is 0 Å². The Balaban J connectivity index is 1.92. The molecule has 3 N–H and O–H groups in total. The Morgan fingerprint density at radius 3 is 2.65 bits per heavy atom. The Hall–Kier alpha value is -2.20. The number of ether oxygens (including phenoxy) is 1. The van der Waals surface area contributed by atoms with Crippen LogP contribution in [-0.2, 0) is 4.79 Å². The molecule has 2 aromatic rings. The van der Waals surface area contributed by atoms with E-state index in [2.05, 4.69) is 5.32 Å². The van der Waals surface area contributed by atoms with Gasteiger partial charge in [-0.05, 0) is 48.9 Å². The van der Waals surface area contributed by atoms with Crippen molar-refractivity contribution in [2.45, 2.75) is 6.92 Å². The van der Waals surface area contributed by atoms with Crippen LogP contribution in [0.15, 0.2) is 42.5 Å². The maximum Gasteiger partial charge on any atom is 0.262 e. The van der Waals surface area contributed by atoms with Crippen LogP contribution in [0.2, 0.25) is 5.02 Å². The highest BCUT2D eigenvalue weighted by atomic mass is 35.5. The molecule has 0 aliphatic carbocycles. The molecule has 20 heavy (non-hydrogen) atoms. The van der Waals surface area contributed by atoms with Crippen molar-refractivity contribution in [3.63, 3.8) is 0 Å². The van der Waals surface area contributed by atoms with Crippen LogP contribution >= 0.6 is 11.6 Å². The second kappa shape index (κ2) is 6.30. The number of nitrogen functional groups attached to an aromatic ring is 1. The van der Waals surface area contributed by atoms with Crippen LogP contribution in [0.25, 0.3) is 0 Å². The molecule has 2 aromatic carbocycles. The first-order valence-corrected chi connectivity index (χ1v) is 6.47. The lowest BCUT2D eigenvalue weighted by Gasteiger charge is -2.09. The number of carbonyl (C=O) groups excluding carboxylic acids is 1. The Morgan fingerprint density at radius 2 is 1.95 bits per heavy atom. The first-order chi connectivity index (χ1) is 9.54. The molecule has 0 spiro atoms. The molecule has 0 unspecified atom stereocenters. The summed E-state index contributed by atoms with van der Waals surface area (Å²) in [4.78, 5) is 11.8. The highest BCUT2D eigenvalue weighted by Crippen LogP contribution is 2.25. The third-order valence-electron chi connectivity index (χ3n) is 2.64. The number of hydrogen-bond acceptors (Lipinski definition) is 3. The van der Waals surface area contributed by atoms with E-state index < -0.39 is 0 Å². The van der Waals surface area contributed by atoms with Crippen molar-refractivity contribution >= 4 is 28.9 Å². The summed E-state index contributed by atoms with van der Waals surface area (Å²) < 4.78 is 5.41. The van der Waals surface area contributed by atoms with Gasteiger partial charge in [-0.1, -0.05) is 17.7 Å². The lowest BCUT2D eigenvalue weighted by molar-refractivity contribution is -0.118. The number of hydrogen-bond donors (Lipinski definition) is 2. The van der Waals surface area contributed by atoms with Crippen LogP contribution in [0.5, 0.6) is 5.75 Å². The Kier molecular flexibility index (Phi) is 4.48. The van der Waals surface area contributed by atoms with E-state index in [-0.39, 0.29) is 12.5 Å². The molecule has 0 fully saturated rings. The lowest BCUT2D eigenvalue weighted by atomic mass is 10.2. The molecule has 104 valence electrons. The van der Waals surface area contributed by atoms with E-state index >= 15 is 0 Å². The van der Waals surface area contributed by atoms with Crippen molar-refractivity contribution in [3.05, 3.63) is 53.1 Å². The minimum absolute atomic E-state index is 0.104. The van der Waals surface area contributed by atoms with Crippen LogP contribution in [0.4, 0.5) is 11.4 Å². The molecule has 0 saturated carbocycles. The molecule has 4 nitrogen and oxygen atoms in total. The third-order valence-corrected chi connectivity index (χ3v) is 2.95. The van der Waals surface area contributed by atoms with E-state index in [0.717, 1.165) is 5.56 Å². The predicted octanol–water partition coefficient (Wildman–Crippen LogP) is 3.25. The number of halogens is 1. The second-order valence-electron chi connectivity index (χ2n) is 4.39. The molecular formula is C15H15ClN2O2. The van der Waals surface area contributed by atoms with E-state index in [1.807, 2.05) is 13.0 Å². The third kappa shape index (κ3) is 3.90. The van der Waals surface area contributed by atoms with E-state index in [9.17, 15) is 4.79 Å². The molecule has 5 heteroatoms. The van der Waals surface area contributed by atoms with Crippen LogP contribution in [0.3, 0.4) is 0 Å². The summed E-state index contributed by atoms with van der Waals surface area (Å²) in [5.74, 6) is 0.242. The molecule has 0 radical (unpaired) electrons. The van der Waals surface area contributed by atoms with Crippen molar-refractivity contribution in [1.82, 2.24) is 0 Å². The average Bonchev–Trinajstić information content (AvgIpc) is 2.42. The van der Waals surface area contributed by atoms with Gasteiger partial charge in [0.25, 0.3) is 5.91 Å². The van der Waals surface area contributed by atoms with E-state index in [1.54, 1.807) is 36.4 Å². The van der Waals surface area contributed by atoms with E-state index in [4.69, 9.17) is 22.1 Å². The predicted molar refractivity (Wildman–Crippen MR) is 81.2 cm³/mol. The maximum absolute atomic E-state index is 11.8. The van der Waals surface area contributed by atoms with Gasteiger partial charge in [0.1, 0.15) is 5.75 Å². The fourth-order valence-corrected chi connectivity index (χ4v) is 1.80. The zero-order valence-corrected chi connectivity index (χ0v) is 11.8. The SMILES string of the molecule is Cc1ccc(Cl)c(OCC(=O)Nc2ccc(N)cc2)c1. The number of rotatable bonds is 4. The normalized spacial score (nSPS) is 10.1. The van der Waals surface area contributed by atoms with Gasteiger partial charge >= 0.3 is 0 Å². The number of aryl methyl sites for hydroxylation is 1. The highest BCUT2D eigenvalue weighted by molar-refractivity contribution is 6.32. The second-order valence-corrected chi connectivity index (χ2v) is 4.80. The summed E-state index contributed by atoms with van der Waals surface area (Å²) >= 11 is 5.99. The topological polar surface area (TPSA) is 64.3 Å². The Labute approximate surface area is 122 Å². The van der Waals surface area contributed by atoms with Gasteiger partial charge in [0.05, 0.1) is 5.02 Å². The summed E-state index contributed by atoms with van der Waals surface area (Å²) in [6.07, 6.45) is 0. The summed E-state index contributed by atoms with van der Waals surface area (Å²) in [7, 11) is 0. The van der Waals surface area contributed by atoms with Crippen molar-refractivity contribution in [3.8, 4) is 5.75 Å². The minimum Gasteiger partial charge on any atom is -0.482 e. The number of benzene rings is 2. The van der Waals surface area contributed by atoms with Crippen LogP contribution in [0, 0.1) is 6.92 Å². The van der Waals surface area contributed by atoms with Gasteiger partial charge in [0, 0.05) is 11.4 Å². The summed E-state index contributed by atoms with van der Waals surface area (Å²) in [6, 6.07) is 12.3. The average molecular weight is 291 g/mol. The van der Waals surface area contributed by atoms with Gasteiger partial charge in [0.2, 0.25) is 0 Å². The molecule has 0 heterocycles. The molecule has 1 amide bonds. The van der Waals surface area contributed by atoms with Gasteiger partial charge in [-0.2, -0.15) is 0 Å². The van der Waals surface area contributed by atoms with Gasteiger partial charge in [-0.3, -0.25) is 4.79 Å². The standard InChI is InChI=1S/C15H15ClN2O2/c1-10-2-7-13(16)14(8-10)20-9-15(19)18-12-5-3-11(17)4-6-12/h2-8H,9,17H2,1H3,(H,18,19). The number of carbonyl (C=O) groups is 1. The minimum atomic E-state index is -0.257. The summed E-state index contributed by atoms with van der Waals surface area (Å²) in [5, 5.41) is 3.19. The molecule has 0 bridgehead atoms. The lowest BCUT2D eigenvalue weighted by Crippen LogP contribution is -2.20. The van der Waals surface area contributed by atoms with Crippen LogP contribution in [0.1, 0.15) is 5.56 Å². The van der Waals surface area contributed by atoms with Gasteiger partial charge < -0.3 is 15.8 Å². The first-order valence-electron chi connectivity index (χ1n) is 6.09. The van der Waals surface area contributed by atoms with Crippen molar-refractivity contribution in [1.29, 1.82) is 0 Å².